The van der Waals surface area contributed by atoms with Crippen LogP contribution in [0.4, 0.5) is 13.2 Å². The minimum Gasteiger partial charge on any atom is -0.305 e. The van der Waals surface area contributed by atoms with Crippen LogP contribution in [0.25, 0.3) is 6.08 Å². The highest BCUT2D eigenvalue weighted by Crippen LogP contribution is 2.74. The smallest absolute Gasteiger partial charge is 0.305 e. The maximum atomic E-state index is 13.3. The molecule has 0 amide bonds. The second-order valence-corrected chi connectivity index (χ2v) is 9.63. The highest BCUT2D eigenvalue weighted by Gasteiger charge is 2.45. The Labute approximate surface area is 163 Å². The summed E-state index contributed by atoms with van der Waals surface area (Å²) in [5.41, 5.74) is -0.635. The molecule has 0 radical (unpaired) electrons. The lowest BCUT2D eigenvalue weighted by molar-refractivity contribution is -0.137. The fourth-order valence-corrected chi connectivity index (χ4v) is 6.79. The number of benzene rings is 1. The van der Waals surface area contributed by atoms with Gasteiger partial charge in [0.2, 0.25) is 0 Å². The molecule has 11 heteroatoms. The first-order valence-electron chi connectivity index (χ1n) is 8.74. The predicted molar refractivity (Wildman–Crippen MR) is 101 cm³/mol. The van der Waals surface area contributed by atoms with Gasteiger partial charge in [-0.2, -0.15) is 13.2 Å². The highest BCUT2D eigenvalue weighted by molar-refractivity contribution is 7.79. The molecule has 28 heavy (non-hydrogen) atoms. The van der Waals surface area contributed by atoms with Crippen molar-refractivity contribution in [2.24, 2.45) is 0 Å². The predicted octanol–water partition coefficient (Wildman–Crippen LogP) is 6.54. The zero-order chi connectivity index (χ0) is 21.4. The first-order valence-corrected chi connectivity index (χ1v) is 11.8. The first kappa shape index (κ1) is 25.1. The van der Waals surface area contributed by atoms with E-state index in [9.17, 15) is 22.3 Å². The summed E-state index contributed by atoms with van der Waals surface area (Å²) in [7, 11) is -8.19. The summed E-state index contributed by atoms with van der Waals surface area (Å²) in [5, 5.41) is -0.354. The first-order chi connectivity index (χ1) is 13.1. The maximum absolute atomic E-state index is 13.3. The molecule has 0 aliphatic rings. The minimum absolute atomic E-state index is 0.0140. The zero-order valence-corrected chi connectivity index (χ0v) is 18.0. The number of hydrogen-bond donors (Lipinski definition) is 0. The second-order valence-electron chi connectivity index (χ2n) is 5.29. The molecule has 0 N–H and O–H groups in total. The second kappa shape index (κ2) is 10.7. The number of hydrogen-bond acceptors (Lipinski definition) is 6. The van der Waals surface area contributed by atoms with Crippen molar-refractivity contribution in [1.29, 1.82) is 0 Å². The molecule has 0 heterocycles. The van der Waals surface area contributed by atoms with E-state index >= 15 is 0 Å². The van der Waals surface area contributed by atoms with Gasteiger partial charge in [-0.05, 0) is 51.5 Å². The minimum atomic E-state index is -4.50. The van der Waals surface area contributed by atoms with E-state index in [4.69, 9.17) is 18.1 Å². The van der Waals surface area contributed by atoms with Gasteiger partial charge in [-0.15, -0.1) is 0 Å². The van der Waals surface area contributed by atoms with Crippen molar-refractivity contribution in [1.82, 2.24) is 0 Å². The fourth-order valence-electron chi connectivity index (χ4n) is 2.24. The molecule has 0 saturated carbocycles. The number of alkyl halides is 3. The van der Waals surface area contributed by atoms with Crippen LogP contribution in [0.5, 0.6) is 0 Å². The van der Waals surface area contributed by atoms with Crippen LogP contribution in [0.1, 0.15) is 38.8 Å². The van der Waals surface area contributed by atoms with Gasteiger partial charge in [-0.1, -0.05) is 12.1 Å². The SMILES string of the molecule is CCOP(=O)(OCC)C(=Cc1ccc(C(F)(F)F)cc1)P(=O)(OCC)OCC. The molecule has 0 aliphatic heterocycles. The van der Waals surface area contributed by atoms with Crippen LogP contribution in [-0.4, -0.2) is 26.4 Å². The molecule has 0 unspecified atom stereocenters. The molecule has 0 fully saturated rings. The van der Waals surface area contributed by atoms with Crippen molar-refractivity contribution in [3.05, 3.63) is 40.4 Å². The van der Waals surface area contributed by atoms with Crippen molar-refractivity contribution < 1.29 is 40.4 Å². The average Bonchev–Trinajstić information content (AvgIpc) is 2.60. The molecule has 0 atom stereocenters. The Hall–Kier alpha value is -0.950. The molecule has 1 aromatic carbocycles. The maximum Gasteiger partial charge on any atom is 0.416 e. The molecule has 0 aliphatic carbocycles. The molecule has 6 nitrogen and oxygen atoms in total. The van der Waals surface area contributed by atoms with E-state index in [1.54, 1.807) is 27.7 Å². The van der Waals surface area contributed by atoms with Crippen LogP contribution in [0.2, 0.25) is 0 Å². The third-order valence-corrected chi connectivity index (χ3v) is 8.53. The molecule has 0 saturated heterocycles. The van der Waals surface area contributed by atoms with E-state index in [2.05, 4.69) is 0 Å². The van der Waals surface area contributed by atoms with E-state index in [1.807, 2.05) is 0 Å². The van der Waals surface area contributed by atoms with Crippen LogP contribution in [-0.2, 0) is 33.4 Å². The van der Waals surface area contributed by atoms with Gasteiger partial charge < -0.3 is 18.1 Å². The van der Waals surface area contributed by atoms with Gasteiger partial charge in [0.25, 0.3) is 0 Å². The van der Waals surface area contributed by atoms with E-state index < -0.39 is 26.9 Å². The Morgan fingerprint density at radius 3 is 1.46 bits per heavy atom. The van der Waals surface area contributed by atoms with Gasteiger partial charge in [0, 0.05) is 0 Å². The quantitative estimate of drug-likeness (QED) is 0.361. The van der Waals surface area contributed by atoms with Crippen molar-refractivity contribution in [3.63, 3.8) is 0 Å². The van der Waals surface area contributed by atoms with Crippen molar-refractivity contribution in [2.45, 2.75) is 33.9 Å². The van der Waals surface area contributed by atoms with Crippen LogP contribution in [0.3, 0.4) is 0 Å². The van der Waals surface area contributed by atoms with Crippen molar-refractivity contribution in [2.75, 3.05) is 26.4 Å². The molecule has 0 bridgehead atoms. The average molecular weight is 444 g/mol. The Morgan fingerprint density at radius 1 is 0.821 bits per heavy atom. The largest absolute Gasteiger partial charge is 0.416 e. The summed E-state index contributed by atoms with van der Waals surface area (Å²) >= 11 is 0. The highest BCUT2D eigenvalue weighted by atomic mass is 31.2. The van der Waals surface area contributed by atoms with Gasteiger partial charge >= 0.3 is 21.4 Å². The van der Waals surface area contributed by atoms with Gasteiger partial charge in [-0.25, -0.2) is 0 Å². The normalized spacial score (nSPS) is 12.8. The van der Waals surface area contributed by atoms with E-state index in [0.717, 1.165) is 24.3 Å². The summed E-state index contributed by atoms with van der Waals surface area (Å²) in [6.45, 7) is 6.25. The Morgan fingerprint density at radius 2 is 1.18 bits per heavy atom. The Balaban J connectivity index is 3.58. The van der Waals surface area contributed by atoms with E-state index in [0.29, 0.717) is 0 Å². The van der Waals surface area contributed by atoms with Gasteiger partial charge in [0.15, 0.2) is 5.06 Å². The van der Waals surface area contributed by atoms with Crippen LogP contribution < -0.4 is 0 Å². The van der Waals surface area contributed by atoms with Gasteiger partial charge in [-0.3, -0.25) is 9.13 Å². The third-order valence-electron chi connectivity index (χ3n) is 3.29. The summed E-state index contributed by atoms with van der Waals surface area (Å²) in [4.78, 5) is 0. The van der Waals surface area contributed by atoms with Crippen LogP contribution in [0.15, 0.2) is 29.3 Å². The molecule has 1 rings (SSSR count). The zero-order valence-electron chi connectivity index (χ0n) is 16.2. The van der Waals surface area contributed by atoms with Crippen LogP contribution in [0, 0.1) is 0 Å². The van der Waals surface area contributed by atoms with Crippen molar-refractivity contribution in [3.8, 4) is 0 Å². The molecule has 0 aromatic heterocycles. The van der Waals surface area contributed by atoms with Crippen molar-refractivity contribution >= 4 is 21.3 Å². The van der Waals surface area contributed by atoms with E-state index in [1.165, 1.54) is 6.08 Å². The summed E-state index contributed by atoms with van der Waals surface area (Å²) in [5.74, 6) is 0. The molecular formula is C17H25F3O6P2. The summed E-state index contributed by atoms with van der Waals surface area (Å²) < 4.78 is 86.1. The lowest BCUT2D eigenvalue weighted by Crippen LogP contribution is -2.05. The number of halogens is 3. The van der Waals surface area contributed by atoms with E-state index in [-0.39, 0.29) is 37.0 Å². The Kier molecular flexibility index (Phi) is 9.60. The molecule has 0 spiro atoms. The lowest BCUT2D eigenvalue weighted by atomic mass is 10.1. The van der Waals surface area contributed by atoms with Crippen LogP contribution >= 0.6 is 15.2 Å². The fraction of sp³-hybridized carbons (Fsp3) is 0.529. The number of rotatable bonds is 11. The third kappa shape index (κ3) is 6.55. The monoisotopic (exact) mass is 444 g/mol. The lowest BCUT2D eigenvalue weighted by Gasteiger charge is -2.25. The topological polar surface area (TPSA) is 71.1 Å². The summed E-state index contributed by atoms with van der Waals surface area (Å²) in [6, 6.07) is 4.05. The van der Waals surface area contributed by atoms with Gasteiger partial charge in [0.05, 0.1) is 32.0 Å². The summed E-state index contributed by atoms with van der Waals surface area (Å²) in [6.07, 6.45) is -3.32. The molecule has 160 valence electrons. The molecule has 1 aromatic rings. The standard InChI is InChI=1S/C17H25F3O6P2/c1-5-23-27(21,24-6-2)16(28(22,25-7-3)26-8-4)13-14-9-11-15(12-10-14)17(18,19)20/h9-13H,5-8H2,1-4H3. The Bertz CT molecular complexity index is 694. The van der Waals surface area contributed by atoms with Gasteiger partial charge in [0.1, 0.15) is 0 Å². The molecular weight excluding hydrogens is 419 g/mol.